The van der Waals surface area contributed by atoms with Gasteiger partial charge < -0.3 is 15.0 Å². The van der Waals surface area contributed by atoms with Gasteiger partial charge in [-0.3, -0.25) is 9.69 Å². The highest BCUT2D eigenvalue weighted by atomic mass is 16.5. The van der Waals surface area contributed by atoms with Crippen molar-refractivity contribution in [1.82, 2.24) is 15.1 Å². The Morgan fingerprint density at radius 1 is 1.28 bits per heavy atom. The number of hydrogen-bond acceptors (Lipinski definition) is 4. The number of esters is 1. The first-order chi connectivity index (χ1) is 12.2. The van der Waals surface area contributed by atoms with Crippen LogP contribution in [0.15, 0.2) is 11.6 Å². The number of fused-ring (bicyclic) bond motifs is 6. The van der Waals surface area contributed by atoms with E-state index in [2.05, 4.69) is 21.0 Å². The molecule has 138 valence electrons. The summed E-state index contributed by atoms with van der Waals surface area (Å²) in [6, 6.07) is 0.813. The second-order valence-electron chi connectivity index (χ2n) is 7.94. The topological polar surface area (TPSA) is 61.9 Å². The maximum absolute atomic E-state index is 12.7. The quantitative estimate of drug-likeness (QED) is 0.611. The summed E-state index contributed by atoms with van der Waals surface area (Å²) in [4.78, 5) is 28.7. The fraction of sp³-hybridized carbons (Fsp3) is 0.789. The van der Waals surface area contributed by atoms with E-state index < -0.39 is 5.97 Å². The first-order valence-corrected chi connectivity index (χ1v) is 9.73. The molecule has 1 aliphatic carbocycles. The highest BCUT2D eigenvalue weighted by Crippen LogP contribution is 2.44. The van der Waals surface area contributed by atoms with E-state index in [1.54, 1.807) is 0 Å². The average Bonchev–Trinajstić information content (AvgIpc) is 2.65. The van der Waals surface area contributed by atoms with Crippen molar-refractivity contribution >= 4 is 12.0 Å². The number of nitrogens with one attached hydrogen (secondary N) is 1. The number of ether oxygens (including phenoxy) is 1. The van der Waals surface area contributed by atoms with Crippen molar-refractivity contribution in [3.05, 3.63) is 11.6 Å². The number of rotatable bonds is 2. The van der Waals surface area contributed by atoms with Gasteiger partial charge in [-0.15, -0.1) is 0 Å². The number of nitrogens with zero attached hydrogens (tertiary/aromatic N) is 2. The minimum atomic E-state index is -0.404. The molecule has 6 nitrogen and oxygen atoms in total. The first-order valence-electron chi connectivity index (χ1n) is 9.73. The molecule has 0 aromatic heterocycles. The van der Waals surface area contributed by atoms with Crippen molar-refractivity contribution in [2.45, 2.75) is 50.6 Å². The van der Waals surface area contributed by atoms with Crippen LogP contribution in [0.1, 0.15) is 38.5 Å². The molecular weight excluding hydrogens is 318 g/mol. The van der Waals surface area contributed by atoms with Crippen LogP contribution in [0.5, 0.6) is 0 Å². The molecule has 0 aromatic rings. The molecule has 6 heteroatoms. The Balaban J connectivity index is 1.51. The smallest absolute Gasteiger partial charge is 0.325 e. The van der Waals surface area contributed by atoms with Crippen LogP contribution in [0.3, 0.4) is 0 Å². The molecule has 3 saturated heterocycles. The first kappa shape index (κ1) is 16.9. The Morgan fingerprint density at radius 3 is 3.00 bits per heavy atom. The molecule has 25 heavy (non-hydrogen) atoms. The van der Waals surface area contributed by atoms with E-state index in [-0.39, 0.29) is 18.6 Å². The standard InChI is InChI=1S/C19H29N3O3/c1-25-17(23)11-20-19(24)22-8-4-5-13-9-14-10-15(18(13)22)12-21-7-3-2-6-16(14)21/h9,14-16,18H,2-8,10-12H2,1H3,(H,20,24)/t14-,15+,16+,18+/m1/s1. The lowest BCUT2D eigenvalue weighted by Gasteiger charge is -2.54. The molecule has 3 fully saturated rings. The Labute approximate surface area is 149 Å². The van der Waals surface area contributed by atoms with E-state index >= 15 is 0 Å². The number of hydrogen-bond donors (Lipinski definition) is 1. The van der Waals surface area contributed by atoms with Crippen molar-refractivity contribution in [3.8, 4) is 0 Å². The molecule has 4 atom stereocenters. The maximum Gasteiger partial charge on any atom is 0.325 e. The zero-order valence-electron chi connectivity index (χ0n) is 15.1. The van der Waals surface area contributed by atoms with E-state index in [1.165, 1.54) is 44.9 Å². The van der Waals surface area contributed by atoms with Gasteiger partial charge in [0.05, 0.1) is 13.2 Å². The molecule has 0 spiro atoms. The largest absolute Gasteiger partial charge is 0.468 e. The number of carbonyl (C=O) groups excluding carboxylic acids is 2. The molecule has 0 saturated carbocycles. The summed E-state index contributed by atoms with van der Waals surface area (Å²) in [7, 11) is 1.34. The van der Waals surface area contributed by atoms with Crippen LogP contribution < -0.4 is 5.32 Å². The van der Waals surface area contributed by atoms with Crippen LogP contribution in [-0.2, 0) is 9.53 Å². The van der Waals surface area contributed by atoms with Gasteiger partial charge >= 0.3 is 12.0 Å². The fourth-order valence-electron chi connectivity index (χ4n) is 5.52. The normalized spacial score (nSPS) is 34.4. The molecule has 3 heterocycles. The van der Waals surface area contributed by atoms with Crippen LogP contribution in [-0.4, -0.2) is 67.2 Å². The summed E-state index contributed by atoms with van der Waals surface area (Å²) in [5.74, 6) is 0.797. The number of urea groups is 1. The van der Waals surface area contributed by atoms with Gasteiger partial charge in [0.1, 0.15) is 6.54 Å². The lowest BCUT2D eigenvalue weighted by Crippen LogP contribution is -2.61. The summed E-state index contributed by atoms with van der Waals surface area (Å²) >= 11 is 0. The Morgan fingerprint density at radius 2 is 2.16 bits per heavy atom. The van der Waals surface area contributed by atoms with Crippen LogP contribution >= 0.6 is 0 Å². The van der Waals surface area contributed by atoms with Crippen molar-refractivity contribution in [2.75, 3.05) is 33.3 Å². The van der Waals surface area contributed by atoms with E-state index in [1.807, 2.05) is 4.90 Å². The number of carbonyl (C=O) groups is 2. The molecule has 3 aliphatic heterocycles. The van der Waals surface area contributed by atoms with E-state index in [0.717, 1.165) is 32.0 Å². The van der Waals surface area contributed by atoms with Crippen molar-refractivity contribution in [3.63, 3.8) is 0 Å². The Hall–Kier alpha value is -1.56. The molecular formula is C19H29N3O3. The highest BCUT2D eigenvalue weighted by molar-refractivity contribution is 5.81. The molecule has 0 unspecified atom stereocenters. The second-order valence-corrected chi connectivity index (χ2v) is 7.94. The number of piperidine rings is 3. The summed E-state index contributed by atoms with van der Waals surface area (Å²) in [6.07, 6.45) is 9.83. The number of likely N-dealkylation sites (tertiary alicyclic amines) is 1. The van der Waals surface area contributed by atoms with Crippen LogP contribution in [0.2, 0.25) is 0 Å². The zero-order chi connectivity index (χ0) is 17.4. The summed E-state index contributed by atoms with van der Waals surface area (Å²) in [5, 5.41) is 2.74. The van der Waals surface area contributed by atoms with E-state index in [9.17, 15) is 9.59 Å². The van der Waals surface area contributed by atoms with Gasteiger partial charge in [0.15, 0.2) is 0 Å². The molecule has 2 amide bonds. The maximum atomic E-state index is 12.7. The summed E-state index contributed by atoms with van der Waals surface area (Å²) in [6.45, 7) is 3.05. The molecule has 4 aliphatic rings. The van der Waals surface area contributed by atoms with Gasteiger partial charge in [-0.05, 0) is 50.5 Å². The van der Waals surface area contributed by atoms with Gasteiger partial charge in [0.2, 0.25) is 0 Å². The SMILES string of the molecule is COC(=O)CNC(=O)N1CCCC2=C[C@@H]3C[C@@H](CN4CCCC[C@@H]34)[C@H]21. The predicted molar refractivity (Wildman–Crippen MR) is 94.0 cm³/mol. The van der Waals surface area contributed by atoms with Crippen LogP contribution in [0.4, 0.5) is 4.79 Å². The minimum absolute atomic E-state index is 0.0565. The van der Waals surface area contributed by atoms with Gasteiger partial charge in [-0.2, -0.15) is 0 Å². The number of methoxy groups -OCH3 is 1. The van der Waals surface area contributed by atoms with E-state index in [4.69, 9.17) is 0 Å². The molecule has 0 aromatic carbocycles. The summed E-state index contributed by atoms with van der Waals surface area (Å²) in [5.41, 5.74) is 1.46. The lowest BCUT2D eigenvalue weighted by atomic mass is 9.68. The third-order valence-corrected chi connectivity index (χ3v) is 6.53. The van der Waals surface area contributed by atoms with Crippen molar-refractivity contribution < 1.29 is 14.3 Å². The lowest BCUT2D eigenvalue weighted by molar-refractivity contribution is -0.139. The van der Waals surface area contributed by atoms with Gasteiger partial charge in [0, 0.05) is 19.1 Å². The summed E-state index contributed by atoms with van der Waals surface area (Å²) < 4.78 is 4.63. The Kier molecular flexibility index (Phi) is 4.71. The highest BCUT2D eigenvalue weighted by Gasteiger charge is 2.46. The Bertz CT molecular complexity index is 576. The molecule has 0 radical (unpaired) electrons. The van der Waals surface area contributed by atoms with Crippen molar-refractivity contribution in [2.24, 2.45) is 11.8 Å². The third kappa shape index (κ3) is 3.16. The second kappa shape index (κ2) is 6.98. The average molecular weight is 347 g/mol. The monoisotopic (exact) mass is 347 g/mol. The van der Waals surface area contributed by atoms with Gasteiger partial charge in [-0.25, -0.2) is 4.79 Å². The van der Waals surface area contributed by atoms with Crippen molar-refractivity contribution in [1.29, 1.82) is 0 Å². The third-order valence-electron chi connectivity index (χ3n) is 6.53. The predicted octanol–water partition coefficient (Wildman–Crippen LogP) is 1.76. The van der Waals surface area contributed by atoms with E-state index in [0.29, 0.717) is 11.8 Å². The van der Waals surface area contributed by atoms with Gasteiger partial charge in [0.25, 0.3) is 0 Å². The fourth-order valence-corrected chi connectivity index (χ4v) is 5.52. The zero-order valence-corrected chi connectivity index (χ0v) is 15.1. The van der Waals surface area contributed by atoms with Crippen LogP contribution in [0, 0.1) is 11.8 Å². The molecule has 1 N–H and O–H groups in total. The molecule has 2 bridgehead atoms. The minimum Gasteiger partial charge on any atom is -0.468 e. The number of amides is 2. The van der Waals surface area contributed by atoms with Crippen LogP contribution in [0.25, 0.3) is 0 Å². The van der Waals surface area contributed by atoms with Gasteiger partial charge in [-0.1, -0.05) is 18.1 Å². The molecule has 4 rings (SSSR count).